The van der Waals surface area contributed by atoms with Crippen LogP contribution in [0.3, 0.4) is 0 Å². The molecule has 2 saturated heterocycles. The van der Waals surface area contributed by atoms with Crippen molar-refractivity contribution in [1.82, 2.24) is 14.8 Å². The number of rotatable bonds is 4. The lowest BCUT2D eigenvalue weighted by Gasteiger charge is -2.35. The van der Waals surface area contributed by atoms with E-state index in [2.05, 4.69) is 4.98 Å². The number of carbonyl (C=O) groups is 3. The molecule has 3 aromatic rings. The quantitative estimate of drug-likeness (QED) is 0.562. The first-order chi connectivity index (χ1) is 15.1. The fourth-order valence-corrected chi connectivity index (χ4v) is 5.61. The fourth-order valence-electron chi connectivity index (χ4n) is 4.06. The number of carbonyl (C=O) groups excluding carboxylic acids is 3. The van der Waals surface area contributed by atoms with Crippen LogP contribution < -0.4 is 4.90 Å². The van der Waals surface area contributed by atoms with Gasteiger partial charge in [-0.05, 0) is 36.4 Å². The zero-order valence-electron chi connectivity index (χ0n) is 16.6. The summed E-state index contributed by atoms with van der Waals surface area (Å²) in [5.74, 6) is -0.278. The molecule has 7 nitrogen and oxygen atoms in total. The smallest absolute Gasteiger partial charge is 0.332 e. The van der Waals surface area contributed by atoms with Crippen molar-refractivity contribution in [3.63, 3.8) is 0 Å². The van der Waals surface area contributed by atoms with E-state index in [1.165, 1.54) is 16.2 Å². The molecule has 0 atom stereocenters. The Bertz CT molecular complexity index is 1110. The Morgan fingerprint density at radius 2 is 1.77 bits per heavy atom. The van der Waals surface area contributed by atoms with E-state index in [4.69, 9.17) is 0 Å². The molecule has 0 spiro atoms. The van der Waals surface area contributed by atoms with Crippen LogP contribution in [-0.4, -0.2) is 58.3 Å². The summed E-state index contributed by atoms with van der Waals surface area (Å²) in [4.78, 5) is 48.6. The Balaban J connectivity index is 1.22. The molecule has 0 aliphatic carbocycles. The summed E-state index contributed by atoms with van der Waals surface area (Å²) in [6, 6.07) is 12.6. The van der Waals surface area contributed by atoms with Gasteiger partial charge in [-0.2, -0.15) is 0 Å². The van der Waals surface area contributed by atoms with E-state index in [9.17, 15) is 14.4 Å². The second-order valence-corrected chi connectivity index (χ2v) is 9.32. The van der Waals surface area contributed by atoms with E-state index in [1.54, 1.807) is 33.3 Å². The van der Waals surface area contributed by atoms with Gasteiger partial charge in [0.15, 0.2) is 5.01 Å². The van der Waals surface area contributed by atoms with Crippen LogP contribution in [0.15, 0.2) is 53.2 Å². The number of likely N-dealkylation sites (tertiary alicyclic amines) is 1. The number of benzene rings is 1. The molecular weight excluding hydrogens is 432 g/mol. The van der Waals surface area contributed by atoms with Crippen molar-refractivity contribution in [1.29, 1.82) is 0 Å². The predicted molar refractivity (Wildman–Crippen MR) is 120 cm³/mol. The molecule has 2 aliphatic heterocycles. The van der Waals surface area contributed by atoms with E-state index in [1.807, 2.05) is 41.1 Å². The van der Waals surface area contributed by atoms with E-state index >= 15 is 0 Å². The maximum atomic E-state index is 12.9. The van der Waals surface area contributed by atoms with Crippen LogP contribution in [0, 0.1) is 0 Å². The second-order valence-electron chi connectivity index (χ2n) is 7.51. The third-order valence-electron chi connectivity index (χ3n) is 5.66. The number of hydrogen-bond donors (Lipinski definition) is 0. The van der Waals surface area contributed by atoms with Gasteiger partial charge in [0, 0.05) is 24.5 Å². The first-order valence-corrected chi connectivity index (χ1v) is 11.8. The van der Waals surface area contributed by atoms with Crippen molar-refractivity contribution in [2.45, 2.75) is 18.9 Å². The van der Waals surface area contributed by atoms with Crippen molar-refractivity contribution < 1.29 is 14.4 Å². The highest BCUT2D eigenvalue weighted by Crippen LogP contribution is 2.29. The Morgan fingerprint density at radius 3 is 2.48 bits per heavy atom. The normalized spacial score (nSPS) is 17.6. The van der Waals surface area contributed by atoms with Crippen molar-refractivity contribution >= 4 is 46.2 Å². The van der Waals surface area contributed by atoms with Gasteiger partial charge < -0.3 is 9.80 Å². The van der Waals surface area contributed by atoms with Crippen molar-refractivity contribution in [2.24, 2.45) is 0 Å². The van der Waals surface area contributed by atoms with Crippen LogP contribution in [0.2, 0.25) is 0 Å². The zero-order chi connectivity index (χ0) is 21.4. The van der Waals surface area contributed by atoms with E-state index in [0.717, 1.165) is 10.6 Å². The van der Waals surface area contributed by atoms with Gasteiger partial charge in [0.2, 0.25) is 0 Å². The molecule has 4 heterocycles. The Labute approximate surface area is 187 Å². The highest BCUT2D eigenvalue weighted by molar-refractivity contribution is 7.15. The van der Waals surface area contributed by atoms with E-state index in [0.29, 0.717) is 36.6 Å². The fraction of sp³-hybridized carbons (Fsp3) is 0.273. The predicted octanol–water partition coefficient (Wildman–Crippen LogP) is 3.95. The molecule has 5 rings (SSSR count). The molecule has 31 heavy (non-hydrogen) atoms. The van der Waals surface area contributed by atoms with E-state index in [-0.39, 0.29) is 30.4 Å². The van der Waals surface area contributed by atoms with Crippen LogP contribution in [0.25, 0.3) is 10.6 Å². The lowest BCUT2D eigenvalue weighted by atomic mass is 10.0. The standard InChI is InChI=1S/C22H20N4O3S2/c27-19-13-25(22(29)26(19)16-5-2-1-3-6-16)15-8-10-24(11-9-15)21(28)20-23-17(14-31-20)18-7-4-12-30-18/h1-7,12,14-15H,8-11,13H2. The summed E-state index contributed by atoms with van der Waals surface area (Å²) in [6.45, 7) is 1.17. The third kappa shape index (κ3) is 3.75. The summed E-state index contributed by atoms with van der Waals surface area (Å²) < 4.78 is 0. The van der Waals surface area contributed by atoms with Crippen LogP contribution in [0.1, 0.15) is 22.6 Å². The van der Waals surface area contributed by atoms with Gasteiger partial charge in [0.1, 0.15) is 6.54 Å². The number of urea groups is 1. The van der Waals surface area contributed by atoms with Crippen molar-refractivity contribution in [2.75, 3.05) is 24.5 Å². The number of hydrogen-bond acceptors (Lipinski definition) is 6. The molecule has 2 aromatic heterocycles. The van der Waals surface area contributed by atoms with Crippen LogP contribution in [-0.2, 0) is 4.79 Å². The number of thiazole rings is 1. The summed E-state index contributed by atoms with van der Waals surface area (Å²) in [7, 11) is 0. The number of para-hydroxylation sites is 1. The van der Waals surface area contributed by atoms with Gasteiger partial charge in [-0.25, -0.2) is 14.7 Å². The summed E-state index contributed by atoms with van der Waals surface area (Å²) in [5.41, 5.74) is 1.43. The number of piperidine rings is 1. The maximum absolute atomic E-state index is 12.9. The van der Waals surface area contributed by atoms with Crippen LogP contribution in [0.4, 0.5) is 10.5 Å². The first kappa shape index (κ1) is 19.9. The number of amides is 4. The molecule has 1 aromatic carbocycles. The SMILES string of the molecule is O=C(c1nc(-c2cccs2)cs1)N1CCC(N2CC(=O)N(c3ccccc3)C2=O)CC1. The number of imide groups is 1. The van der Waals surface area contributed by atoms with Crippen LogP contribution in [0.5, 0.6) is 0 Å². The monoisotopic (exact) mass is 452 g/mol. The van der Waals surface area contributed by atoms with Gasteiger partial charge in [-0.1, -0.05) is 24.3 Å². The summed E-state index contributed by atoms with van der Waals surface area (Å²) in [5, 5.41) is 4.40. The number of thiophene rings is 1. The minimum atomic E-state index is -0.276. The first-order valence-electron chi connectivity index (χ1n) is 10.1. The minimum Gasteiger partial charge on any atom is -0.336 e. The molecule has 0 N–H and O–H groups in total. The topological polar surface area (TPSA) is 73.8 Å². The zero-order valence-corrected chi connectivity index (χ0v) is 18.3. The summed E-state index contributed by atoms with van der Waals surface area (Å²) >= 11 is 2.96. The van der Waals surface area contributed by atoms with Crippen LogP contribution >= 0.6 is 22.7 Å². The molecule has 158 valence electrons. The van der Waals surface area contributed by atoms with Gasteiger partial charge >= 0.3 is 6.03 Å². The highest BCUT2D eigenvalue weighted by Gasteiger charge is 2.41. The Kier molecular flexibility index (Phi) is 5.29. The molecule has 9 heteroatoms. The second kappa shape index (κ2) is 8.24. The molecule has 0 saturated carbocycles. The van der Waals surface area contributed by atoms with E-state index < -0.39 is 0 Å². The van der Waals surface area contributed by atoms with Gasteiger partial charge in [0.05, 0.1) is 16.3 Å². The maximum Gasteiger partial charge on any atom is 0.332 e. The third-order valence-corrected chi connectivity index (χ3v) is 7.38. The lowest BCUT2D eigenvalue weighted by Crippen LogP contribution is -2.48. The van der Waals surface area contributed by atoms with Crippen molar-refractivity contribution in [3.8, 4) is 10.6 Å². The average Bonchev–Trinajstić information content (AvgIpc) is 3.54. The number of anilines is 1. The summed E-state index contributed by atoms with van der Waals surface area (Å²) in [6.07, 6.45) is 1.30. The average molecular weight is 453 g/mol. The molecule has 0 bridgehead atoms. The lowest BCUT2D eigenvalue weighted by molar-refractivity contribution is -0.116. The van der Waals surface area contributed by atoms with Gasteiger partial charge in [0.25, 0.3) is 11.8 Å². The van der Waals surface area contributed by atoms with Gasteiger partial charge in [-0.15, -0.1) is 22.7 Å². The highest BCUT2D eigenvalue weighted by atomic mass is 32.1. The minimum absolute atomic E-state index is 0.0489. The van der Waals surface area contributed by atoms with Crippen molar-refractivity contribution in [3.05, 3.63) is 58.2 Å². The number of nitrogens with zero attached hydrogens (tertiary/aromatic N) is 4. The molecule has 2 fully saturated rings. The molecule has 0 radical (unpaired) electrons. The Hall–Kier alpha value is -3.04. The molecule has 0 unspecified atom stereocenters. The molecule has 2 aliphatic rings. The molecular formula is C22H20N4O3S2. The largest absolute Gasteiger partial charge is 0.336 e. The molecule has 4 amide bonds. The Morgan fingerprint density at radius 1 is 1.00 bits per heavy atom. The number of aromatic nitrogens is 1. The van der Waals surface area contributed by atoms with Gasteiger partial charge in [-0.3, -0.25) is 9.59 Å².